The summed E-state index contributed by atoms with van der Waals surface area (Å²) in [4.78, 5) is 28.6. The Morgan fingerprint density at radius 2 is 1.81 bits per heavy atom. The van der Waals surface area contributed by atoms with Crippen LogP contribution in [-0.4, -0.2) is 93.7 Å². The summed E-state index contributed by atoms with van der Waals surface area (Å²) in [5.41, 5.74) is 0. The van der Waals surface area contributed by atoms with Crippen LogP contribution in [0.15, 0.2) is 0 Å². The zero-order valence-electron chi connectivity index (χ0n) is 13.4. The monoisotopic (exact) mass is 300 g/mol. The van der Waals surface area contributed by atoms with Crippen molar-refractivity contribution in [1.82, 2.24) is 20.0 Å². The van der Waals surface area contributed by atoms with E-state index in [1.54, 1.807) is 26.0 Å². The van der Waals surface area contributed by atoms with Crippen LogP contribution in [0.2, 0.25) is 0 Å². The first kappa shape index (κ1) is 17.7. The minimum absolute atomic E-state index is 0.0526. The predicted octanol–water partition coefficient (Wildman–Crippen LogP) is -0.172. The van der Waals surface area contributed by atoms with Gasteiger partial charge >= 0.3 is 6.03 Å². The van der Waals surface area contributed by atoms with Crippen molar-refractivity contribution in [2.24, 2.45) is 0 Å². The molecule has 1 N–H and O–H groups in total. The maximum absolute atomic E-state index is 11.8. The molecule has 0 aromatic heterocycles. The smallest absolute Gasteiger partial charge is 0.317 e. The van der Waals surface area contributed by atoms with Crippen molar-refractivity contribution in [3.05, 3.63) is 0 Å². The fraction of sp³-hybridized carbons (Fsp3) is 0.857. The van der Waals surface area contributed by atoms with Crippen molar-refractivity contribution in [2.75, 3.05) is 67.1 Å². The van der Waals surface area contributed by atoms with Gasteiger partial charge in [0.1, 0.15) is 0 Å². The number of hydrogen-bond acceptors (Lipinski definition) is 4. The summed E-state index contributed by atoms with van der Waals surface area (Å²) in [6.45, 7) is 5.49. The summed E-state index contributed by atoms with van der Waals surface area (Å²) in [5.74, 6) is -0.0587. The third-order valence-corrected chi connectivity index (χ3v) is 3.54. The lowest BCUT2D eigenvalue weighted by Crippen LogP contribution is -2.42. The molecule has 0 aromatic carbocycles. The molecule has 0 radical (unpaired) electrons. The fourth-order valence-electron chi connectivity index (χ4n) is 2.08. The van der Waals surface area contributed by atoms with Gasteiger partial charge in [0.15, 0.2) is 0 Å². The quantitative estimate of drug-likeness (QED) is 0.663. The zero-order chi connectivity index (χ0) is 15.7. The molecule has 0 spiro atoms. The van der Waals surface area contributed by atoms with Crippen LogP contribution in [0.3, 0.4) is 0 Å². The standard InChI is InChI=1S/C14H28N4O3/c1-16(2)14(20)15-12-13(19)17(3)6-4-5-7-18-8-10-21-11-9-18/h4-12H2,1-3H3,(H,15,20). The van der Waals surface area contributed by atoms with Crippen LogP contribution in [-0.2, 0) is 9.53 Å². The van der Waals surface area contributed by atoms with E-state index in [1.807, 2.05) is 0 Å². The summed E-state index contributed by atoms with van der Waals surface area (Å²) in [7, 11) is 5.07. The van der Waals surface area contributed by atoms with Crippen LogP contribution in [0.25, 0.3) is 0 Å². The molecule has 1 rings (SSSR count). The molecule has 1 fully saturated rings. The number of carbonyl (C=O) groups excluding carboxylic acids is 2. The number of nitrogens with one attached hydrogen (secondary N) is 1. The Morgan fingerprint density at radius 1 is 1.14 bits per heavy atom. The normalized spacial score (nSPS) is 15.6. The highest BCUT2D eigenvalue weighted by atomic mass is 16.5. The van der Waals surface area contributed by atoms with E-state index in [-0.39, 0.29) is 18.5 Å². The molecule has 0 aliphatic carbocycles. The molecule has 1 aliphatic rings. The summed E-state index contributed by atoms with van der Waals surface area (Å²) in [6.07, 6.45) is 2.04. The van der Waals surface area contributed by atoms with E-state index in [0.717, 1.165) is 52.2 Å². The highest BCUT2D eigenvalue weighted by Crippen LogP contribution is 2.01. The van der Waals surface area contributed by atoms with Gasteiger partial charge in [-0.3, -0.25) is 9.69 Å². The third-order valence-electron chi connectivity index (χ3n) is 3.54. The lowest BCUT2D eigenvalue weighted by molar-refractivity contribution is -0.128. The molecule has 1 heterocycles. The van der Waals surface area contributed by atoms with Gasteiger partial charge in [-0.1, -0.05) is 0 Å². The van der Waals surface area contributed by atoms with Crippen molar-refractivity contribution in [2.45, 2.75) is 12.8 Å². The SMILES string of the molecule is CN(C)C(=O)NCC(=O)N(C)CCCCN1CCOCC1. The second kappa shape index (κ2) is 9.57. The van der Waals surface area contributed by atoms with Gasteiger partial charge in [-0.2, -0.15) is 0 Å². The van der Waals surface area contributed by atoms with Crippen molar-refractivity contribution < 1.29 is 14.3 Å². The second-order valence-corrected chi connectivity index (χ2v) is 5.53. The molecule has 122 valence electrons. The Kier molecular flexibility index (Phi) is 8.07. The summed E-state index contributed by atoms with van der Waals surface area (Å²) < 4.78 is 5.31. The molecule has 0 atom stereocenters. The largest absolute Gasteiger partial charge is 0.379 e. The number of unbranched alkanes of at least 4 members (excludes halogenated alkanes) is 1. The van der Waals surface area contributed by atoms with Gasteiger partial charge < -0.3 is 19.9 Å². The molecular weight excluding hydrogens is 272 g/mol. The molecule has 0 aromatic rings. The maximum Gasteiger partial charge on any atom is 0.317 e. The first-order valence-corrected chi connectivity index (χ1v) is 7.50. The molecular formula is C14H28N4O3. The number of urea groups is 1. The van der Waals surface area contributed by atoms with Crippen LogP contribution in [0, 0.1) is 0 Å². The molecule has 7 heteroatoms. The average Bonchev–Trinajstić information content (AvgIpc) is 2.49. The Hall–Kier alpha value is -1.34. The first-order chi connectivity index (χ1) is 10.0. The Bertz CT molecular complexity index is 330. The van der Waals surface area contributed by atoms with Gasteiger partial charge in [0.25, 0.3) is 0 Å². The first-order valence-electron chi connectivity index (χ1n) is 7.50. The molecule has 3 amide bonds. The molecule has 1 aliphatic heterocycles. The number of ether oxygens (including phenoxy) is 1. The van der Waals surface area contributed by atoms with E-state index in [2.05, 4.69) is 10.2 Å². The third kappa shape index (κ3) is 7.29. The van der Waals surface area contributed by atoms with E-state index in [4.69, 9.17) is 4.74 Å². The van der Waals surface area contributed by atoms with Crippen LogP contribution in [0.1, 0.15) is 12.8 Å². The topological polar surface area (TPSA) is 65.1 Å². The van der Waals surface area contributed by atoms with Crippen molar-refractivity contribution in [3.63, 3.8) is 0 Å². The lowest BCUT2D eigenvalue weighted by atomic mass is 10.2. The van der Waals surface area contributed by atoms with E-state index in [1.165, 1.54) is 4.90 Å². The highest BCUT2D eigenvalue weighted by Gasteiger charge is 2.12. The Labute approximate surface area is 127 Å². The van der Waals surface area contributed by atoms with Crippen molar-refractivity contribution in [1.29, 1.82) is 0 Å². The Balaban J connectivity index is 2.07. The van der Waals surface area contributed by atoms with Crippen LogP contribution >= 0.6 is 0 Å². The van der Waals surface area contributed by atoms with Gasteiger partial charge in [-0.25, -0.2) is 4.79 Å². The summed E-state index contributed by atoms with van der Waals surface area (Å²) in [6, 6.07) is -0.246. The summed E-state index contributed by atoms with van der Waals surface area (Å²) in [5, 5.41) is 2.58. The maximum atomic E-state index is 11.8. The fourth-order valence-corrected chi connectivity index (χ4v) is 2.08. The number of nitrogens with zero attached hydrogens (tertiary/aromatic N) is 3. The molecule has 21 heavy (non-hydrogen) atoms. The number of morpholine rings is 1. The van der Waals surface area contributed by atoms with Gasteiger partial charge in [-0.05, 0) is 19.4 Å². The molecule has 1 saturated heterocycles. The molecule has 0 bridgehead atoms. The predicted molar refractivity (Wildman–Crippen MR) is 81.2 cm³/mol. The molecule has 0 saturated carbocycles. The minimum Gasteiger partial charge on any atom is -0.379 e. The van der Waals surface area contributed by atoms with Gasteiger partial charge in [0, 0.05) is 40.8 Å². The Morgan fingerprint density at radius 3 is 2.43 bits per heavy atom. The number of rotatable bonds is 7. The molecule has 0 unspecified atom stereocenters. The zero-order valence-corrected chi connectivity index (χ0v) is 13.4. The number of amides is 3. The number of carbonyl (C=O) groups is 2. The van der Waals surface area contributed by atoms with Gasteiger partial charge in [0.2, 0.25) is 5.91 Å². The van der Waals surface area contributed by atoms with Crippen molar-refractivity contribution in [3.8, 4) is 0 Å². The van der Waals surface area contributed by atoms with E-state index in [0.29, 0.717) is 0 Å². The number of likely N-dealkylation sites (N-methyl/N-ethyl adjacent to an activating group) is 1. The second-order valence-electron chi connectivity index (χ2n) is 5.53. The van der Waals surface area contributed by atoms with E-state index < -0.39 is 0 Å². The van der Waals surface area contributed by atoms with E-state index in [9.17, 15) is 9.59 Å². The van der Waals surface area contributed by atoms with Crippen LogP contribution in [0.4, 0.5) is 4.79 Å². The van der Waals surface area contributed by atoms with Gasteiger partial charge in [0.05, 0.1) is 19.8 Å². The average molecular weight is 300 g/mol. The lowest BCUT2D eigenvalue weighted by Gasteiger charge is -2.26. The highest BCUT2D eigenvalue weighted by molar-refractivity contribution is 5.83. The number of hydrogen-bond donors (Lipinski definition) is 1. The van der Waals surface area contributed by atoms with Crippen LogP contribution < -0.4 is 5.32 Å². The van der Waals surface area contributed by atoms with E-state index >= 15 is 0 Å². The summed E-state index contributed by atoms with van der Waals surface area (Å²) >= 11 is 0. The molecule has 7 nitrogen and oxygen atoms in total. The van der Waals surface area contributed by atoms with Crippen LogP contribution in [0.5, 0.6) is 0 Å². The van der Waals surface area contributed by atoms with Gasteiger partial charge in [-0.15, -0.1) is 0 Å². The minimum atomic E-state index is -0.246. The van der Waals surface area contributed by atoms with Crippen molar-refractivity contribution >= 4 is 11.9 Å².